The number of guanidine groups is 2. The van der Waals surface area contributed by atoms with E-state index in [1.54, 1.807) is 13.8 Å². The lowest BCUT2D eigenvalue weighted by Crippen LogP contribution is -2.61. The van der Waals surface area contributed by atoms with Crippen LogP contribution in [0.4, 0.5) is 0 Å². The first-order valence-electron chi connectivity index (χ1n) is 25.9. The number of nitrogens with zero attached hydrogens (tertiary/aromatic N) is 2. The number of unbranched alkanes of at least 4 members (excludes halogenated alkanes) is 1. The van der Waals surface area contributed by atoms with E-state index in [1.165, 1.54) is 24.3 Å². The van der Waals surface area contributed by atoms with E-state index in [2.05, 4.69) is 65.1 Å². The fourth-order valence-electron chi connectivity index (χ4n) is 7.49. The molecule has 32 nitrogen and oxygen atoms in total. The number of phenols is 1. The topological polar surface area (TPSA) is 578 Å². The molecule has 81 heavy (non-hydrogen) atoms. The molecule has 10 amide bonds. The lowest BCUT2D eigenvalue weighted by atomic mass is 10.0. The summed E-state index contributed by atoms with van der Waals surface area (Å²) in [6.45, 7) is 2.60. The van der Waals surface area contributed by atoms with Crippen LogP contribution in [0.25, 0.3) is 0 Å². The predicted octanol–water partition coefficient (Wildman–Crippen LogP) is -7.43. The molecule has 9 atom stereocenters. The number of phenolic OH excluding ortho intramolecular Hbond substituents is 1. The number of thiol groups is 1. The van der Waals surface area contributed by atoms with Gasteiger partial charge in [0.25, 0.3) is 0 Å². The van der Waals surface area contributed by atoms with Crippen LogP contribution in [0.3, 0.4) is 0 Å². The Balaban J connectivity index is 3.63. The number of carbonyl (C=O) groups excluding carboxylic acids is 10. The summed E-state index contributed by atoms with van der Waals surface area (Å²) in [6.07, 6.45) is -1.38. The van der Waals surface area contributed by atoms with E-state index in [-0.39, 0.29) is 87.4 Å². The Hall–Kier alpha value is -8.04. The van der Waals surface area contributed by atoms with Crippen LogP contribution in [0.15, 0.2) is 34.3 Å². The second kappa shape index (κ2) is 37.8. The predicted molar refractivity (Wildman–Crippen MR) is 298 cm³/mol. The molecular formula is C48H82N18O14S. The molecule has 33 heteroatoms. The molecule has 1 rings (SSSR count). The number of aliphatic hydroxyl groups excluding tert-OH is 1. The number of aliphatic hydroxyl groups is 1. The summed E-state index contributed by atoms with van der Waals surface area (Å²) in [5.74, 6) is -12.9. The third kappa shape index (κ3) is 29.1. The molecule has 0 aliphatic heterocycles. The molecule has 0 saturated heterocycles. The van der Waals surface area contributed by atoms with Crippen molar-refractivity contribution >= 4 is 89.6 Å². The minimum atomic E-state index is -1.90. The van der Waals surface area contributed by atoms with E-state index in [9.17, 15) is 68.1 Å². The largest absolute Gasteiger partial charge is 0.508 e. The highest BCUT2D eigenvalue weighted by molar-refractivity contribution is 7.80. The zero-order valence-corrected chi connectivity index (χ0v) is 46.3. The number of nitrogens with two attached hydrogens (primary N) is 8. The van der Waals surface area contributed by atoms with Gasteiger partial charge in [0.15, 0.2) is 11.9 Å². The zero-order valence-electron chi connectivity index (χ0n) is 45.4. The molecule has 0 bridgehead atoms. The third-order valence-electron chi connectivity index (χ3n) is 11.8. The van der Waals surface area contributed by atoms with Crippen molar-refractivity contribution in [2.75, 3.05) is 32.0 Å². The number of aromatic hydroxyl groups is 1. The number of carboxylic acids is 1. The summed E-state index contributed by atoms with van der Waals surface area (Å²) in [7, 11) is 0. The van der Waals surface area contributed by atoms with Gasteiger partial charge in [-0.1, -0.05) is 32.4 Å². The Bertz CT molecular complexity index is 2340. The monoisotopic (exact) mass is 1170 g/mol. The fraction of sp³-hybridized carbons (Fsp3) is 0.604. The number of aliphatic imine (C=N–C) groups is 2. The number of amides is 10. The van der Waals surface area contributed by atoms with Crippen molar-refractivity contribution in [3.63, 3.8) is 0 Å². The molecule has 0 aliphatic carbocycles. The molecule has 0 aliphatic rings. The molecule has 454 valence electrons. The molecule has 0 spiro atoms. The maximum Gasteiger partial charge on any atom is 0.326 e. The van der Waals surface area contributed by atoms with Crippen molar-refractivity contribution in [2.45, 2.75) is 145 Å². The standard InChI is InChI=1S/C48H82N18O14S/c1-24(2)19-33(46(79)80)64-42(75)31(20-25-10-12-26(68)13-11-25)62-41(74)30(14-15-36(51)69)61-39(72)28(8-5-17-57-47(53)54)59-43(76)32(21-37(52)70)63-40(73)29(9-6-18-58-48(55)56)60-44(77)34(22-67)65-45(78)35(23-81)66-38(71)27(50)7-3-4-16-49/h10-13,24,27-35,67-68,81H,3-9,14-23,49-50H2,1-2H3,(H2,51,69)(H2,52,70)(H,59,76)(H,60,77)(H,61,72)(H,62,74)(H,63,73)(H,64,75)(H,65,78)(H,66,71)(H,79,80)(H4,53,54,57)(H4,55,56,58)/t27-,28-,29-,30-,31-,32-,33-,34-,35-/m0/s1. The normalized spacial score (nSPS) is 14.3. The van der Waals surface area contributed by atoms with Gasteiger partial charge in [-0.15, -0.1) is 0 Å². The van der Waals surface area contributed by atoms with Gasteiger partial charge >= 0.3 is 5.97 Å². The van der Waals surface area contributed by atoms with Crippen LogP contribution >= 0.6 is 12.6 Å². The lowest BCUT2D eigenvalue weighted by Gasteiger charge is -2.28. The lowest BCUT2D eigenvalue weighted by molar-refractivity contribution is -0.142. The average Bonchev–Trinajstić information content (AvgIpc) is 3.39. The number of carboxylic acid groups (broad SMARTS) is 1. The summed E-state index contributed by atoms with van der Waals surface area (Å²) < 4.78 is 0. The van der Waals surface area contributed by atoms with Crippen LogP contribution in [-0.2, 0) is 59.2 Å². The van der Waals surface area contributed by atoms with E-state index < -0.39 is 145 Å². The van der Waals surface area contributed by atoms with Crippen molar-refractivity contribution in [3.8, 4) is 5.75 Å². The van der Waals surface area contributed by atoms with Crippen LogP contribution in [0.5, 0.6) is 5.75 Å². The average molecular weight is 1170 g/mol. The van der Waals surface area contributed by atoms with Gasteiger partial charge in [0.2, 0.25) is 59.1 Å². The first kappa shape index (κ1) is 71.0. The summed E-state index contributed by atoms with van der Waals surface area (Å²) in [6, 6.07) is -8.35. The maximum atomic E-state index is 14.3. The Labute approximate surface area is 473 Å². The number of carbonyl (C=O) groups is 11. The number of aliphatic carboxylic acids is 1. The van der Waals surface area contributed by atoms with Crippen LogP contribution < -0.4 is 88.4 Å². The van der Waals surface area contributed by atoms with Crippen LogP contribution in [-0.4, -0.2) is 179 Å². The van der Waals surface area contributed by atoms with E-state index in [1.807, 2.05) is 0 Å². The summed E-state index contributed by atoms with van der Waals surface area (Å²) in [4.78, 5) is 154. The molecule has 1 aromatic rings. The third-order valence-corrected chi connectivity index (χ3v) is 12.1. The summed E-state index contributed by atoms with van der Waals surface area (Å²) in [5, 5.41) is 49.0. The molecule has 0 radical (unpaired) electrons. The first-order valence-corrected chi connectivity index (χ1v) is 26.5. The van der Waals surface area contributed by atoms with Gasteiger partial charge in [0.05, 0.1) is 19.1 Å². The maximum absolute atomic E-state index is 14.3. The summed E-state index contributed by atoms with van der Waals surface area (Å²) >= 11 is 4.11. The summed E-state index contributed by atoms with van der Waals surface area (Å²) in [5.41, 5.74) is 44.6. The Kier molecular flexibility index (Phi) is 33.1. The molecule has 1 aromatic carbocycles. The van der Waals surface area contributed by atoms with Gasteiger partial charge in [-0.05, 0) is 81.5 Å². The van der Waals surface area contributed by atoms with Crippen molar-refractivity contribution in [3.05, 3.63) is 29.8 Å². The van der Waals surface area contributed by atoms with Gasteiger partial charge in [0.1, 0.15) is 54.1 Å². The van der Waals surface area contributed by atoms with Crippen LogP contribution in [0, 0.1) is 5.92 Å². The number of hydrogen-bond acceptors (Lipinski definition) is 18. The van der Waals surface area contributed by atoms with Gasteiger partial charge in [-0.2, -0.15) is 12.6 Å². The highest BCUT2D eigenvalue weighted by Gasteiger charge is 2.36. The van der Waals surface area contributed by atoms with E-state index in [4.69, 9.17) is 45.9 Å². The van der Waals surface area contributed by atoms with Crippen molar-refractivity contribution in [2.24, 2.45) is 61.8 Å². The first-order chi connectivity index (χ1) is 38.1. The van der Waals surface area contributed by atoms with Crippen molar-refractivity contribution in [1.82, 2.24) is 42.5 Å². The van der Waals surface area contributed by atoms with Gasteiger partial charge < -0.3 is 104 Å². The number of hydrogen-bond donors (Lipinski definition) is 20. The number of benzene rings is 1. The Morgan fingerprint density at radius 1 is 0.531 bits per heavy atom. The molecule has 0 heterocycles. The van der Waals surface area contributed by atoms with Gasteiger partial charge in [-0.25, -0.2) is 4.79 Å². The quantitative estimate of drug-likeness (QED) is 0.0126. The van der Waals surface area contributed by atoms with E-state index >= 15 is 0 Å². The Morgan fingerprint density at radius 3 is 1.40 bits per heavy atom. The SMILES string of the molecule is CC(C)C[C@H](NC(=O)[C@H](Cc1ccc(O)cc1)NC(=O)[C@H](CCC(N)=O)NC(=O)[C@H](CCCN=C(N)N)NC(=O)[C@H](CC(N)=O)NC(=O)[C@H](CCCN=C(N)N)NC(=O)[C@H](CO)NC(=O)[C@H](CS)NC(=O)[C@@H](N)CCCCN)C(=O)O. The smallest absolute Gasteiger partial charge is 0.326 e. The molecule has 0 aromatic heterocycles. The number of nitrogens with one attached hydrogen (secondary N) is 8. The van der Waals surface area contributed by atoms with E-state index in [0.29, 0.717) is 24.9 Å². The zero-order chi connectivity index (χ0) is 61.4. The van der Waals surface area contributed by atoms with Crippen molar-refractivity contribution < 1.29 is 68.1 Å². The minimum absolute atomic E-state index is 0.00977. The number of rotatable bonds is 40. The molecule has 27 N–H and O–H groups in total. The second-order valence-corrected chi connectivity index (χ2v) is 19.5. The molecular weight excluding hydrogens is 1080 g/mol. The van der Waals surface area contributed by atoms with Crippen LogP contribution in [0.1, 0.15) is 90.0 Å². The minimum Gasteiger partial charge on any atom is -0.508 e. The van der Waals surface area contributed by atoms with E-state index in [0.717, 1.165) is 0 Å². The molecule has 0 saturated carbocycles. The van der Waals surface area contributed by atoms with Crippen molar-refractivity contribution in [1.29, 1.82) is 0 Å². The van der Waals surface area contributed by atoms with Gasteiger partial charge in [-0.3, -0.25) is 57.9 Å². The Morgan fingerprint density at radius 2 is 0.951 bits per heavy atom. The van der Waals surface area contributed by atoms with Gasteiger partial charge in [0, 0.05) is 31.7 Å². The van der Waals surface area contributed by atoms with Crippen LogP contribution in [0.2, 0.25) is 0 Å². The number of primary amides is 2. The highest BCUT2D eigenvalue weighted by Crippen LogP contribution is 2.14. The highest BCUT2D eigenvalue weighted by atomic mass is 32.1. The fourth-order valence-corrected chi connectivity index (χ4v) is 7.75. The second-order valence-electron chi connectivity index (χ2n) is 19.2. The molecule has 0 unspecified atom stereocenters. The molecule has 0 fully saturated rings.